The van der Waals surface area contributed by atoms with Crippen LogP contribution in [0.3, 0.4) is 0 Å². The average molecular weight is 373 g/mol. The Labute approximate surface area is 159 Å². The number of allylic oxidation sites excluding steroid dienone is 3. The fourth-order valence-electron chi connectivity index (χ4n) is 3.29. The Kier molecular flexibility index (Phi) is 6.51. The van der Waals surface area contributed by atoms with Crippen molar-refractivity contribution in [3.8, 4) is 5.75 Å². The molecule has 26 heavy (non-hydrogen) atoms. The van der Waals surface area contributed by atoms with Crippen LogP contribution in [-0.4, -0.2) is 20.7 Å². The molecule has 0 unspecified atom stereocenters. The van der Waals surface area contributed by atoms with Crippen molar-refractivity contribution in [2.45, 2.75) is 65.9 Å². The Morgan fingerprint density at radius 1 is 1.31 bits per heavy atom. The summed E-state index contributed by atoms with van der Waals surface area (Å²) in [5, 5.41) is 0. The molecule has 0 aliphatic carbocycles. The molecule has 1 aromatic carbocycles. The van der Waals surface area contributed by atoms with E-state index >= 15 is 0 Å². The number of ether oxygens (including phenoxy) is 2. The number of benzene rings is 1. The van der Waals surface area contributed by atoms with Crippen LogP contribution in [0.15, 0.2) is 24.3 Å². The third kappa shape index (κ3) is 4.47. The summed E-state index contributed by atoms with van der Waals surface area (Å²) in [4.78, 5) is 12.4. The molecule has 0 saturated heterocycles. The maximum absolute atomic E-state index is 12.4. The molecule has 0 fully saturated rings. The van der Waals surface area contributed by atoms with Crippen molar-refractivity contribution in [2.75, 3.05) is 6.61 Å². The third-order valence-corrected chi connectivity index (χ3v) is 6.73. The minimum Gasteiger partial charge on any atom is -0.493 e. The molecular formula is C22H32O3Si. The van der Waals surface area contributed by atoms with E-state index in [0.29, 0.717) is 18.8 Å². The standard InChI is InChI=1S/C22H32O3Si/c1-8-15(3)10-11-18-17(9-2)16(4)19-14-25-22(23)20(19)21(18)24-12-13-26(5,6)7/h8,10H,1,9,11-14H2,2-7H3. The normalized spacial score (nSPS) is 14.2. The number of hydrogen-bond donors (Lipinski definition) is 0. The molecule has 0 spiro atoms. The lowest BCUT2D eigenvalue weighted by molar-refractivity contribution is 0.0532. The summed E-state index contributed by atoms with van der Waals surface area (Å²) >= 11 is 0. The molecule has 0 atom stereocenters. The third-order valence-electron chi connectivity index (χ3n) is 5.03. The van der Waals surface area contributed by atoms with Crippen LogP contribution in [0.25, 0.3) is 0 Å². The first-order chi connectivity index (χ1) is 12.2. The second kappa shape index (κ2) is 8.25. The molecule has 0 bridgehead atoms. The van der Waals surface area contributed by atoms with Crippen molar-refractivity contribution in [1.29, 1.82) is 0 Å². The number of cyclic esters (lactones) is 1. The highest BCUT2D eigenvalue weighted by Crippen LogP contribution is 2.39. The number of fused-ring (bicyclic) bond motifs is 1. The topological polar surface area (TPSA) is 35.5 Å². The Morgan fingerprint density at radius 3 is 2.58 bits per heavy atom. The van der Waals surface area contributed by atoms with Crippen molar-refractivity contribution in [3.63, 3.8) is 0 Å². The van der Waals surface area contributed by atoms with E-state index in [-0.39, 0.29) is 5.97 Å². The molecule has 1 heterocycles. The van der Waals surface area contributed by atoms with Gasteiger partial charge in [0.1, 0.15) is 17.9 Å². The van der Waals surface area contributed by atoms with Gasteiger partial charge in [-0.05, 0) is 43.9 Å². The van der Waals surface area contributed by atoms with Crippen LogP contribution >= 0.6 is 0 Å². The Bertz CT molecular complexity index is 739. The van der Waals surface area contributed by atoms with Crippen LogP contribution in [0.2, 0.25) is 25.7 Å². The highest BCUT2D eigenvalue weighted by molar-refractivity contribution is 6.76. The molecule has 4 heteroatoms. The van der Waals surface area contributed by atoms with Gasteiger partial charge in [0, 0.05) is 19.2 Å². The van der Waals surface area contributed by atoms with Crippen LogP contribution in [-0.2, 0) is 24.2 Å². The van der Waals surface area contributed by atoms with Gasteiger partial charge in [0.15, 0.2) is 0 Å². The molecule has 1 aliphatic heterocycles. The average Bonchev–Trinajstić information content (AvgIpc) is 2.96. The quantitative estimate of drug-likeness (QED) is 0.337. The van der Waals surface area contributed by atoms with Gasteiger partial charge in [-0.15, -0.1) is 0 Å². The molecule has 3 nitrogen and oxygen atoms in total. The number of carbonyl (C=O) groups excluding carboxylic acids is 1. The van der Waals surface area contributed by atoms with E-state index in [2.05, 4.69) is 46.1 Å². The van der Waals surface area contributed by atoms with E-state index in [1.165, 1.54) is 11.1 Å². The largest absolute Gasteiger partial charge is 0.493 e. The van der Waals surface area contributed by atoms with Gasteiger partial charge in [0.05, 0.1) is 6.61 Å². The Hall–Kier alpha value is -1.81. The van der Waals surface area contributed by atoms with Crippen molar-refractivity contribution in [2.24, 2.45) is 0 Å². The monoisotopic (exact) mass is 372 g/mol. The van der Waals surface area contributed by atoms with E-state index in [1.807, 2.05) is 13.0 Å². The maximum Gasteiger partial charge on any atom is 0.342 e. The SMILES string of the molecule is C=CC(C)=CCc1c(CC)c(C)c2c(c1OCC[Si](C)(C)C)C(=O)OC2. The van der Waals surface area contributed by atoms with Crippen LogP contribution in [0.4, 0.5) is 0 Å². The van der Waals surface area contributed by atoms with E-state index in [4.69, 9.17) is 9.47 Å². The second-order valence-electron chi connectivity index (χ2n) is 8.21. The molecule has 0 radical (unpaired) electrons. The molecule has 0 aromatic heterocycles. The number of rotatable bonds is 8. The Morgan fingerprint density at radius 2 is 2.00 bits per heavy atom. The van der Waals surface area contributed by atoms with Crippen LogP contribution in [0.5, 0.6) is 5.75 Å². The Balaban J connectivity index is 2.54. The summed E-state index contributed by atoms with van der Waals surface area (Å²) in [6.07, 6.45) is 5.66. The number of hydrogen-bond acceptors (Lipinski definition) is 3. The highest BCUT2D eigenvalue weighted by atomic mass is 28.3. The first kappa shape index (κ1) is 20.5. The fourth-order valence-corrected chi connectivity index (χ4v) is 4.00. The molecule has 0 saturated carbocycles. The first-order valence-electron chi connectivity index (χ1n) is 9.45. The zero-order valence-corrected chi connectivity index (χ0v) is 18.1. The van der Waals surface area contributed by atoms with Gasteiger partial charge in [-0.1, -0.05) is 50.9 Å². The van der Waals surface area contributed by atoms with E-state index in [9.17, 15) is 4.79 Å². The van der Waals surface area contributed by atoms with Gasteiger partial charge < -0.3 is 9.47 Å². The van der Waals surface area contributed by atoms with E-state index in [1.54, 1.807) is 0 Å². The van der Waals surface area contributed by atoms with E-state index in [0.717, 1.165) is 41.3 Å². The van der Waals surface area contributed by atoms with Gasteiger partial charge in [-0.25, -0.2) is 4.79 Å². The lowest BCUT2D eigenvalue weighted by atomic mass is 9.89. The molecule has 0 N–H and O–H groups in total. The number of esters is 1. The highest BCUT2D eigenvalue weighted by Gasteiger charge is 2.32. The minimum atomic E-state index is -1.21. The van der Waals surface area contributed by atoms with Gasteiger partial charge in [-0.2, -0.15) is 0 Å². The van der Waals surface area contributed by atoms with Gasteiger partial charge in [0.2, 0.25) is 0 Å². The van der Waals surface area contributed by atoms with Crippen molar-refractivity contribution in [3.05, 3.63) is 52.1 Å². The molecule has 0 amide bonds. The van der Waals surface area contributed by atoms with Crippen molar-refractivity contribution in [1.82, 2.24) is 0 Å². The smallest absolute Gasteiger partial charge is 0.342 e. The predicted octanol–water partition coefficient (Wildman–Crippen LogP) is 5.62. The van der Waals surface area contributed by atoms with Crippen LogP contribution < -0.4 is 4.74 Å². The predicted molar refractivity (Wildman–Crippen MR) is 111 cm³/mol. The molecule has 1 aliphatic rings. The molecule has 2 rings (SSSR count). The van der Waals surface area contributed by atoms with Gasteiger partial charge in [-0.3, -0.25) is 0 Å². The van der Waals surface area contributed by atoms with Gasteiger partial charge in [0.25, 0.3) is 0 Å². The van der Waals surface area contributed by atoms with Crippen LogP contribution in [0.1, 0.15) is 46.5 Å². The number of carbonyl (C=O) groups is 1. The minimum absolute atomic E-state index is 0.251. The maximum atomic E-state index is 12.4. The molecular weight excluding hydrogens is 340 g/mol. The first-order valence-corrected chi connectivity index (χ1v) is 13.2. The summed E-state index contributed by atoms with van der Waals surface area (Å²) in [5.74, 6) is 0.496. The lowest BCUT2D eigenvalue weighted by Gasteiger charge is -2.22. The molecule has 142 valence electrons. The van der Waals surface area contributed by atoms with Crippen molar-refractivity contribution < 1.29 is 14.3 Å². The van der Waals surface area contributed by atoms with E-state index < -0.39 is 8.07 Å². The zero-order chi connectivity index (χ0) is 19.5. The fraction of sp³-hybridized carbons (Fsp3) is 0.500. The summed E-state index contributed by atoms with van der Waals surface area (Å²) in [5.41, 5.74) is 6.35. The summed E-state index contributed by atoms with van der Waals surface area (Å²) < 4.78 is 11.6. The second-order valence-corrected chi connectivity index (χ2v) is 13.8. The lowest BCUT2D eigenvalue weighted by Crippen LogP contribution is -2.23. The van der Waals surface area contributed by atoms with Gasteiger partial charge >= 0.3 is 5.97 Å². The summed E-state index contributed by atoms with van der Waals surface area (Å²) in [7, 11) is -1.21. The summed E-state index contributed by atoms with van der Waals surface area (Å²) in [6, 6.07) is 1.06. The molecule has 1 aromatic rings. The summed E-state index contributed by atoms with van der Waals surface area (Å²) in [6.45, 7) is 18.1. The zero-order valence-electron chi connectivity index (χ0n) is 17.1. The van der Waals surface area contributed by atoms with Crippen molar-refractivity contribution >= 4 is 14.0 Å². The van der Waals surface area contributed by atoms with Crippen LogP contribution in [0, 0.1) is 6.92 Å².